The van der Waals surface area contributed by atoms with E-state index in [1.165, 1.54) is 22.3 Å². The van der Waals surface area contributed by atoms with Crippen LogP contribution >= 0.6 is 0 Å². The molecule has 2 heterocycles. The molecule has 5 rings (SSSR count). The van der Waals surface area contributed by atoms with Gasteiger partial charge in [0.15, 0.2) is 5.82 Å². The molecule has 0 unspecified atom stereocenters. The summed E-state index contributed by atoms with van der Waals surface area (Å²) in [7, 11) is 0. The number of amides is 1. The second-order valence-electron chi connectivity index (χ2n) is 9.71. The van der Waals surface area contributed by atoms with Gasteiger partial charge < -0.3 is 9.80 Å². The van der Waals surface area contributed by atoms with E-state index in [1.807, 2.05) is 18.2 Å². The van der Waals surface area contributed by atoms with Gasteiger partial charge in [-0.3, -0.25) is 4.79 Å². The molecule has 2 aromatic carbocycles. The first kappa shape index (κ1) is 22.6. The maximum Gasteiger partial charge on any atom is 0.225 e. The van der Waals surface area contributed by atoms with Gasteiger partial charge in [0.1, 0.15) is 5.82 Å². The highest BCUT2D eigenvalue weighted by Gasteiger charge is 2.35. The summed E-state index contributed by atoms with van der Waals surface area (Å²) in [5.74, 6) is 2.44. The number of hydrogen-bond acceptors (Lipinski definition) is 4. The Morgan fingerprint density at radius 1 is 0.971 bits per heavy atom. The zero-order valence-electron chi connectivity index (χ0n) is 20.6. The third kappa shape index (κ3) is 4.70. The van der Waals surface area contributed by atoms with E-state index in [-0.39, 0.29) is 5.92 Å². The Kier molecular flexibility index (Phi) is 6.36. The monoisotopic (exact) mass is 454 g/mol. The molecule has 1 saturated heterocycles. The summed E-state index contributed by atoms with van der Waals surface area (Å²) in [5, 5.41) is 0. The molecule has 176 valence electrons. The Morgan fingerprint density at radius 3 is 2.38 bits per heavy atom. The summed E-state index contributed by atoms with van der Waals surface area (Å²) in [6.07, 6.45) is 3.80. The molecule has 0 N–H and O–H groups in total. The molecule has 3 aromatic rings. The third-order valence-corrected chi connectivity index (χ3v) is 7.13. The summed E-state index contributed by atoms with van der Waals surface area (Å²) in [6.45, 7) is 9.67. The van der Waals surface area contributed by atoms with Gasteiger partial charge in [0, 0.05) is 55.3 Å². The van der Waals surface area contributed by atoms with E-state index < -0.39 is 0 Å². The molecule has 0 bridgehead atoms. The second-order valence-corrected chi connectivity index (χ2v) is 9.71. The highest BCUT2D eigenvalue weighted by molar-refractivity contribution is 5.81. The molecular weight excluding hydrogens is 420 g/mol. The van der Waals surface area contributed by atoms with E-state index in [0.717, 1.165) is 74.8 Å². The summed E-state index contributed by atoms with van der Waals surface area (Å²) in [6, 6.07) is 16.9. The van der Waals surface area contributed by atoms with Crippen LogP contribution in [0.25, 0.3) is 11.4 Å². The predicted molar refractivity (Wildman–Crippen MR) is 137 cm³/mol. The Bertz CT molecular complexity index is 1180. The zero-order valence-corrected chi connectivity index (χ0v) is 20.6. The summed E-state index contributed by atoms with van der Waals surface area (Å²) in [5.41, 5.74) is 7.27. The topological polar surface area (TPSA) is 49.3 Å². The zero-order chi connectivity index (χ0) is 23.7. The van der Waals surface area contributed by atoms with Crippen molar-refractivity contribution in [3.05, 3.63) is 76.5 Å². The van der Waals surface area contributed by atoms with Crippen molar-refractivity contribution in [3.63, 3.8) is 0 Å². The number of anilines is 1. The van der Waals surface area contributed by atoms with Gasteiger partial charge in [-0.1, -0.05) is 61.0 Å². The van der Waals surface area contributed by atoms with Gasteiger partial charge in [-0.2, -0.15) is 0 Å². The number of carbonyl (C=O) groups excluding carboxylic acids is 1. The van der Waals surface area contributed by atoms with Crippen LogP contribution < -0.4 is 4.90 Å². The van der Waals surface area contributed by atoms with Crippen molar-refractivity contribution in [1.82, 2.24) is 14.9 Å². The number of nitrogens with zero attached hydrogens (tertiary/aromatic N) is 4. The van der Waals surface area contributed by atoms with Crippen LogP contribution in [0.1, 0.15) is 47.7 Å². The van der Waals surface area contributed by atoms with E-state index in [0.29, 0.717) is 5.91 Å². The third-order valence-electron chi connectivity index (χ3n) is 7.13. The Morgan fingerprint density at radius 2 is 1.71 bits per heavy atom. The Labute approximate surface area is 202 Å². The van der Waals surface area contributed by atoms with Gasteiger partial charge in [-0.15, -0.1) is 0 Å². The Hall–Kier alpha value is -3.21. The number of rotatable bonds is 6. The van der Waals surface area contributed by atoms with Crippen molar-refractivity contribution in [1.29, 1.82) is 0 Å². The van der Waals surface area contributed by atoms with Crippen molar-refractivity contribution in [2.24, 2.45) is 5.92 Å². The largest absolute Gasteiger partial charge is 0.353 e. The molecule has 1 saturated carbocycles. The number of carbonyl (C=O) groups is 1. The van der Waals surface area contributed by atoms with Crippen LogP contribution in [-0.2, 0) is 17.6 Å². The molecule has 1 aromatic heterocycles. The van der Waals surface area contributed by atoms with Gasteiger partial charge in [-0.25, -0.2) is 9.97 Å². The average Bonchev–Trinajstić information content (AvgIpc) is 3.72. The first-order valence-corrected chi connectivity index (χ1v) is 12.6. The molecule has 0 spiro atoms. The first-order valence-electron chi connectivity index (χ1n) is 12.6. The van der Waals surface area contributed by atoms with Gasteiger partial charge in [0.25, 0.3) is 0 Å². The van der Waals surface area contributed by atoms with Gasteiger partial charge in [0.2, 0.25) is 5.91 Å². The molecule has 1 aliphatic heterocycles. The second kappa shape index (κ2) is 9.57. The minimum atomic E-state index is 0.279. The summed E-state index contributed by atoms with van der Waals surface area (Å²) in [4.78, 5) is 27.2. The normalized spacial score (nSPS) is 16.1. The van der Waals surface area contributed by atoms with Crippen LogP contribution in [0.5, 0.6) is 0 Å². The SMILES string of the molecule is CCc1nc(-c2ccccc2)nc(N2CCN(C(=O)C3CC3)CC2)c1Cc1cc(C)ccc1C. The molecule has 34 heavy (non-hydrogen) atoms. The van der Waals surface area contributed by atoms with Crippen LogP contribution in [0.15, 0.2) is 48.5 Å². The lowest BCUT2D eigenvalue weighted by Gasteiger charge is -2.37. The van der Waals surface area contributed by atoms with E-state index in [2.05, 4.69) is 60.9 Å². The molecule has 1 amide bonds. The fourth-order valence-electron chi connectivity index (χ4n) is 4.88. The number of aryl methyl sites for hydroxylation is 3. The maximum atomic E-state index is 12.6. The van der Waals surface area contributed by atoms with Gasteiger partial charge in [0.05, 0.1) is 0 Å². The lowest BCUT2D eigenvalue weighted by atomic mass is 9.96. The van der Waals surface area contributed by atoms with Crippen molar-refractivity contribution in [2.75, 3.05) is 31.1 Å². The lowest BCUT2D eigenvalue weighted by molar-refractivity contribution is -0.132. The number of piperazine rings is 1. The van der Waals surface area contributed by atoms with Gasteiger partial charge in [-0.05, 0) is 44.2 Å². The van der Waals surface area contributed by atoms with Crippen molar-refractivity contribution < 1.29 is 4.79 Å². The van der Waals surface area contributed by atoms with Gasteiger partial charge >= 0.3 is 0 Å². The number of benzene rings is 2. The van der Waals surface area contributed by atoms with Crippen molar-refractivity contribution in [2.45, 2.75) is 46.5 Å². The average molecular weight is 455 g/mol. The predicted octanol–water partition coefficient (Wildman–Crippen LogP) is 4.97. The van der Waals surface area contributed by atoms with Crippen LogP contribution in [0, 0.1) is 19.8 Å². The molecule has 0 radical (unpaired) electrons. The van der Waals surface area contributed by atoms with Crippen LogP contribution in [0.4, 0.5) is 5.82 Å². The first-order chi connectivity index (χ1) is 16.5. The molecule has 2 fully saturated rings. The molecular formula is C29H34N4O. The number of aromatic nitrogens is 2. The maximum absolute atomic E-state index is 12.6. The highest BCUT2D eigenvalue weighted by Crippen LogP contribution is 2.33. The van der Waals surface area contributed by atoms with Crippen molar-refractivity contribution in [3.8, 4) is 11.4 Å². The minimum absolute atomic E-state index is 0.279. The van der Waals surface area contributed by atoms with Crippen molar-refractivity contribution >= 4 is 11.7 Å². The van der Waals surface area contributed by atoms with Crippen LogP contribution in [0.3, 0.4) is 0 Å². The Balaban J connectivity index is 1.53. The highest BCUT2D eigenvalue weighted by atomic mass is 16.2. The fraction of sp³-hybridized carbons (Fsp3) is 0.414. The van der Waals surface area contributed by atoms with E-state index in [4.69, 9.17) is 9.97 Å². The fourth-order valence-corrected chi connectivity index (χ4v) is 4.88. The molecule has 1 aliphatic carbocycles. The smallest absolute Gasteiger partial charge is 0.225 e. The van der Waals surface area contributed by atoms with Crippen LogP contribution in [-0.4, -0.2) is 47.0 Å². The number of hydrogen-bond donors (Lipinski definition) is 0. The minimum Gasteiger partial charge on any atom is -0.353 e. The van der Waals surface area contributed by atoms with E-state index in [1.54, 1.807) is 0 Å². The molecule has 2 aliphatic rings. The lowest BCUT2D eigenvalue weighted by Crippen LogP contribution is -2.49. The quantitative estimate of drug-likeness (QED) is 0.528. The van der Waals surface area contributed by atoms with Crippen LogP contribution in [0.2, 0.25) is 0 Å². The van der Waals surface area contributed by atoms with E-state index in [9.17, 15) is 4.79 Å². The molecule has 5 nitrogen and oxygen atoms in total. The standard InChI is InChI=1S/C29H34N4O/c1-4-26-25(19-24-18-20(2)10-11-21(24)3)28(31-27(30-26)22-8-6-5-7-9-22)32-14-16-33(17-15-32)29(34)23-12-13-23/h5-11,18,23H,4,12-17,19H2,1-3H3. The van der Waals surface area contributed by atoms with E-state index >= 15 is 0 Å². The summed E-state index contributed by atoms with van der Waals surface area (Å²) < 4.78 is 0. The molecule has 0 atom stereocenters. The summed E-state index contributed by atoms with van der Waals surface area (Å²) >= 11 is 0. The molecule has 5 heteroatoms.